The van der Waals surface area contributed by atoms with Crippen LogP contribution in [0, 0.1) is 12.7 Å². The Bertz CT molecular complexity index is 1360. The van der Waals surface area contributed by atoms with E-state index in [0.29, 0.717) is 17.7 Å². The minimum Gasteiger partial charge on any atom is -0.320 e. The molecule has 1 aliphatic carbocycles. The predicted molar refractivity (Wildman–Crippen MR) is 108 cm³/mol. The molecule has 1 saturated carbocycles. The highest BCUT2D eigenvalue weighted by molar-refractivity contribution is 5.72. The summed E-state index contributed by atoms with van der Waals surface area (Å²) in [5.41, 5.74) is 2.31. The molecular formula is C22H19FN4O2. The Morgan fingerprint density at radius 1 is 1.10 bits per heavy atom. The molecule has 0 unspecified atom stereocenters. The summed E-state index contributed by atoms with van der Waals surface area (Å²) in [5, 5.41) is 0. The lowest BCUT2D eigenvalue weighted by molar-refractivity contribution is 0.620. The highest BCUT2D eigenvalue weighted by Gasteiger charge is 2.30. The van der Waals surface area contributed by atoms with Crippen molar-refractivity contribution in [3.05, 3.63) is 92.6 Å². The lowest BCUT2D eigenvalue weighted by atomic mass is 10.1. The van der Waals surface area contributed by atoms with E-state index < -0.39 is 11.5 Å². The van der Waals surface area contributed by atoms with Gasteiger partial charge in [0.1, 0.15) is 5.82 Å². The Balaban J connectivity index is 1.80. The van der Waals surface area contributed by atoms with Crippen LogP contribution in [0.25, 0.3) is 16.9 Å². The van der Waals surface area contributed by atoms with Gasteiger partial charge < -0.3 is 4.57 Å². The molecule has 5 rings (SSSR count). The number of hydrogen-bond acceptors (Lipinski definition) is 3. The van der Waals surface area contributed by atoms with E-state index in [-0.39, 0.29) is 17.2 Å². The predicted octanol–water partition coefficient (Wildman–Crippen LogP) is 3.18. The Hall–Kier alpha value is -3.48. The molecule has 7 heteroatoms. The van der Waals surface area contributed by atoms with Gasteiger partial charge in [-0.2, -0.15) is 0 Å². The monoisotopic (exact) mass is 390 g/mol. The molecule has 0 N–H and O–H groups in total. The highest BCUT2D eigenvalue weighted by Crippen LogP contribution is 2.32. The number of imidazole rings is 1. The molecule has 1 aliphatic rings. The number of aryl methyl sites for hydroxylation is 1. The zero-order chi connectivity index (χ0) is 20.1. The summed E-state index contributed by atoms with van der Waals surface area (Å²) in [5.74, 6) is -0.453. The van der Waals surface area contributed by atoms with E-state index in [1.807, 2.05) is 31.2 Å². The summed E-state index contributed by atoms with van der Waals surface area (Å²) in [6, 6.07) is 13.6. The smallest absolute Gasteiger partial charge is 0.320 e. The van der Waals surface area contributed by atoms with Crippen LogP contribution in [0.2, 0.25) is 0 Å². The van der Waals surface area contributed by atoms with Crippen LogP contribution in [0.1, 0.15) is 30.0 Å². The molecule has 0 bridgehead atoms. The average molecular weight is 390 g/mol. The molecule has 0 amide bonds. The van der Waals surface area contributed by atoms with E-state index in [9.17, 15) is 14.0 Å². The molecule has 2 heterocycles. The number of benzene rings is 2. The van der Waals surface area contributed by atoms with Crippen molar-refractivity contribution in [1.29, 1.82) is 0 Å². The Morgan fingerprint density at radius 3 is 2.62 bits per heavy atom. The largest absolute Gasteiger partial charge is 0.337 e. The van der Waals surface area contributed by atoms with Crippen molar-refractivity contribution >= 4 is 11.2 Å². The molecule has 0 atom stereocenters. The molecular weight excluding hydrogens is 371 g/mol. The summed E-state index contributed by atoms with van der Waals surface area (Å²) in [4.78, 5) is 30.8. The van der Waals surface area contributed by atoms with Gasteiger partial charge in [-0.3, -0.25) is 9.36 Å². The summed E-state index contributed by atoms with van der Waals surface area (Å²) < 4.78 is 18.3. The fraction of sp³-hybridized carbons (Fsp3) is 0.227. The van der Waals surface area contributed by atoms with Crippen LogP contribution >= 0.6 is 0 Å². The fourth-order valence-corrected chi connectivity index (χ4v) is 3.75. The maximum atomic E-state index is 13.9. The van der Waals surface area contributed by atoms with Crippen molar-refractivity contribution < 1.29 is 4.39 Å². The average Bonchev–Trinajstić information content (AvgIpc) is 3.44. The first-order valence-corrected chi connectivity index (χ1v) is 9.57. The Morgan fingerprint density at radius 2 is 1.90 bits per heavy atom. The van der Waals surface area contributed by atoms with Crippen LogP contribution in [0.3, 0.4) is 0 Å². The third kappa shape index (κ3) is 2.90. The van der Waals surface area contributed by atoms with Crippen LogP contribution < -0.4 is 11.2 Å². The van der Waals surface area contributed by atoms with Gasteiger partial charge in [0, 0.05) is 12.6 Å². The number of nitrogens with zero attached hydrogens (tertiary/aromatic N) is 4. The van der Waals surface area contributed by atoms with Crippen molar-refractivity contribution in [1.82, 2.24) is 18.7 Å². The van der Waals surface area contributed by atoms with Gasteiger partial charge in [0.05, 0.1) is 12.0 Å². The molecule has 6 nitrogen and oxygen atoms in total. The molecule has 0 aliphatic heterocycles. The van der Waals surface area contributed by atoms with Crippen LogP contribution in [-0.4, -0.2) is 18.7 Å². The van der Waals surface area contributed by atoms with E-state index in [2.05, 4.69) is 4.98 Å². The zero-order valence-electron chi connectivity index (χ0n) is 15.9. The maximum Gasteiger partial charge on any atom is 0.337 e. The lowest BCUT2D eigenvalue weighted by Gasteiger charge is -2.13. The van der Waals surface area contributed by atoms with Gasteiger partial charge >= 0.3 is 5.69 Å². The van der Waals surface area contributed by atoms with Gasteiger partial charge in [0.25, 0.3) is 5.56 Å². The first kappa shape index (κ1) is 17.6. The topological polar surface area (TPSA) is 61.8 Å². The van der Waals surface area contributed by atoms with Crippen molar-refractivity contribution in [2.45, 2.75) is 32.4 Å². The molecule has 2 aromatic carbocycles. The van der Waals surface area contributed by atoms with Crippen LogP contribution in [0.5, 0.6) is 0 Å². The summed E-state index contributed by atoms with van der Waals surface area (Å²) in [7, 11) is 0. The van der Waals surface area contributed by atoms with E-state index >= 15 is 0 Å². The number of aromatic nitrogens is 4. The second-order valence-electron chi connectivity index (χ2n) is 7.48. The van der Waals surface area contributed by atoms with Crippen molar-refractivity contribution in [3.8, 4) is 5.69 Å². The third-order valence-corrected chi connectivity index (χ3v) is 5.43. The van der Waals surface area contributed by atoms with Gasteiger partial charge in [-0.25, -0.2) is 18.7 Å². The fourth-order valence-electron chi connectivity index (χ4n) is 3.75. The Labute approximate surface area is 165 Å². The van der Waals surface area contributed by atoms with Crippen LogP contribution in [-0.2, 0) is 6.54 Å². The van der Waals surface area contributed by atoms with E-state index in [4.69, 9.17) is 0 Å². The van der Waals surface area contributed by atoms with Crippen molar-refractivity contribution in [2.75, 3.05) is 0 Å². The normalized spacial score (nSPS) is 13.9. The zero-order valence-corrected chi connectivity index (χ0v) is 15.9. The van der Waals surface area contributed by atoms with Crippen LogP contribution in [0.15, 0.2) is 64.4 Å². The summed E-state index contributed by atoms with van der Waals surface area (Å²) in [6.45, 7) is 2.48. The third-order valence-electron chi connectivity index (χ3n) is 5.43. The molecule has 29 heavy (non-hydrogen) atoms. The number of fused-ring (bicyclic) bond motifs is 1. The standard InChI is InChI=1S/C22H19FN4O2/c1-14-5-2-3-6-15(14)12-25-13-24-20-19(25)21(28)27(17-9-10-17)22(29)26(20)18-8-4-7-16(23)11-18/h2-8,11,13,17H,9-10,12H2,1H3. The molecule has 0 saturated heterocycles. The number of halogens is 1. The minimum atomic E-state index is -0.475. The van der Waals surface area contributed by atoms with Gasteiger partial charge in [-0.15, -0.1) is 0 Å². The first-order valence-electron chi connectivity index (χ1n) is 9.57. The van der Waals surface area contributed by atoms with Crippen LogP contribution in [0.4, 0.5) is 4.39 Å². The molecule has 0 spiro atoms. The molecule has 0 radical (unpaired) electrons. The summed E-state index contributed by atoms with van der Waals surface area (Å²) in [6.07, 6.45) is 3.15. The van der Waals surface area contributed by atoms with E-state index in [1.165, 1.54) is 21.3 Å². The second-order valence-corrected chi connectivity index (χ2v) is 7.48. The minimum absolute atomic E-state index is 0.110. The maximum absolute atomic E-state index is 13.9. The molecule has 1 fully saturated rings. The van der Waals surface area contributed by atoms with Gasteiger partial charge in [0.15, 0.2) is 11.2 Å². The van der Waals surface area contributed by atoms with E-state index in [1.54, 1.807) is 23.0 Å². The van der Waals surface area contributed by atoms with Crippen molar-refractivity contribution in [3.63, 3.8) is 0 Å². The van der Waals surface area contributed by atoms with Gasteiger partial charge in [-0.1, -0.05) is 30.3 Å². The number of rotatable bonds is 4. The van der Waals surface area contributed by atoms with Crippen molar-refractivity contribution in [2.24, 2.45) is 0 Å². The quantitative estimate of drug-likeness (QED) is 0.538. The SMILES string of the molecule is Cc1ccccc1Cn1cnc2c1c(=O)n(C1CC1)c(=O)n2-c1cccc(F)c1. The number of hydrogen-bond donors (Lipinski definition) is 0. The molecule has 4 aromatic rings. The highest BCUT2D eigenvalue weighted by atomic mass is 19.1. The molecule has 146 valence electrons. The van der Waals surface area contributed by atoms with Gasteiger partial charge in [0.2, 0.25) is 0 Å². The van der Waals surface area contributed by atoms with E-state index in [0.717, 1.165) is 24.0 Å². The molecule has 2 aromatic heterocycles. The lowest BCUT2D eigenvalue weighted by Crippen LogP contribution is -2.39. The second kappa shape index (κ2) is 6.55. The van der Waals surface area contributed by atoms with Gasteiger partial charge in [-0.05, 0) is 49.1 Å². The Kier molecular flexibility index (Phi) is 3.97. The first-order chi connectivity index (χ1) is 14.0. The summed E-state index contributed by atoms with van der Waals surface area (Å²) >= 11 is 0.